The smallest absolute Gasteiger partial charge is 0.227 e. The van der Waals surface area contributed by atoms with Gasteiger partial charge in [-0.15, -0.1) is 0 Å². The van der Waals surface area contributed by atoms with Crippen LogP contribution in [0.4, 0.5) is 11.8 Å². The number of aryl methyl sites for hydroxylation is 1. The molecule has 1 aromatic heterocycles. The van der Waals surface area contributed by atoms with Gasteiger partial charge in [0, 0.05) is 58.0 Å². The number of carbonyl (C=O) groups is 1. The van der Waals surface area contributed by atoms with Gasteiger partial charge in [0.1, 0.15) is 5.82 Å². The Morgan fingerprint density at radius 1 is 1.22 bits per heavy atom. The fraction of sp³-hybridized carbons (Fsp3) is 0.706. The van der Waals surface area contributed by atoms with E-state index in [1.807, 2.05) is 23.9 Å². The van der Waals surface area contributed by atoms with Gasteiger partial charge in [-0.25, -0.2) is 4.98 Å². The molecule has 0 unspecified atom stereocenters. The van der Waals surface area contributed by atoms with Crippen LogP contribution in [0.3, 0.4) is 0 Å². The van der Waals surface area contributed by atoms with E-state index in [0.29, 0.717) is 11.8 Å². The molecule has 3 rings (SSSR count). The third-order valence-corrected chi connectivity index (χ3v) is 4.57. The van der Waals surface area contributed by atoms with Crippen LogP contribution in [0.5, 0.6) is 0 Å². The number of carbonyl (C=O) groups excluding carboxylic acids is 1. The minimum atomic E-state index is 0.313. The average Bonchev–Trinajstić information content (AvgIpc) is 3.39. The molecule has 2 aliphatic rings. The summed E-state index contributed by atoms with van der Waals surface area (Å²) in [5.41, 5.74) is 1.06. The molecule has 23 heavy (non-hydrogen) atoms. The highest BCUT2D eigenvalue weighted by molar-refractivity contribution is 5.81. The molecule has 1 aliphatic carbocycles. The highest BCUT2D eigenvalue weighted by atomic mass is 16.2. The van der Waals surface area contributed by atoms with Gasteiger partial charge >= 0.3 is 0 Å². The zero-order chi connectivity index (χ0) is 16.4. The second-order valence-corrected chi connectivity index (χ2v) is 6.71. The number of nitrogens with zero attached hydrogens (tertiary/aromatic N) is 5. The van der Waals surface area contributed by atoms with Crippen LogP contribution in [0, 0.1) is 5.92 Å². The number of rotatable bonds is 4. The van der Waals surface area contributed by atoms with Crippen molar-refractivity contribution in [1.29, 1.82) is 0 Å². The highest BCUT2D eigenvalue weighted by Crippen LogP contribution is 2.31. The predicted octanol–water partition coefficient (Wildman–Crippen LogP) is 1.55. The van der Waals surface area contributed by atoms with Crippen molar-refractivity contribution >= 4 is 17.7 Å². The lowest BCUT2D eigenvalue weighted by Gasteiger charge is -2.24. The van der Waals surface area contributed by atoms with Crippen molar-refractivity contribution in [1.82, 2.24) is 14.9 Å². The zero-order valence-corrected chi connectivity index (χ0v) is 14.5. The molecule has 1 aliphatic heterocycles. The molecular formula is C17H27N5O. The van der Waals surface area contributed by atoms with Gasteiger partial charge in [-0.2, -0.15) is 4.98 Å². The Bertz CT molecular complexity index is 570. The Morgan fingerprint density at radius 2 is 2.00 bits per heavy atom. The van der Waals surface area contributed by atoms with Gasteiger partial charge in [0.15, 0.2) is 0 Å². The summed E-state index contributed by atoms with van der Waals surface area (Å²) in [6.45, 7) is 5.59. The minimum absolute atomic E-state index is 0.313. The second-order valence-electron chi connectivity index (χ2n) is 6.71. The molecule has 126 valence electrons. The molecule has 0 bridgehead atoms. The van der Waals surface area contributed by atoms with Gasteiger partial charge in [0.2, 0.25) is 11.9 Å². The summed E-state index contributed by atoms with van der Waals surface area (Å²) < 4.78 is 0. The average molecular weight is 317 g/mol. The molecule has 6 nitrogen and oxygen atoms in total. The predicted molar refractivity (Wildman–Crippen MR) is 91.9 cm³/mol. The topological polar surface area (TPSA) is 52.6 Å². The summed E-state index contributed by atoms with van der Waals surface area (Å²) in [7, 11) is 3.94. The largest absolute Gasteiger partial charge is 0.355 e. The van der Waals surface area contributed by atoms with Crippen molar-refractivity contribution in [3.63, 3.8) is 0 Å². The number of hydrogen-bond acceptors (Lipinski definition) is 5. The summed E-state index contributed by atoms with van der Waals surface area (Å²) in [6, 6.07) is 2.09. The fourth-order valence-electron chi connectivity index (χ4n) is 2.97. The number of aromatic nitrogens is 2. The monoisotopic (exact) mass is 317 g/mol. The van der Waals surface area contributed by atoms with E-state index in [1.54, 1.807) is 0 Å². The molecule has 1 amide bonds. The summed E-state index contributed by atoms with van der Waals surface area (Å²) in [5, 5.41) is 0. The van der Waals surface area contributed by atoms with E-state index in [-0.39, 0.29) is 0 Å². The maximum atomic E-state index is 12.3. The van der Waals surface area contributed by atoms with Crippen LogP contribution >= 0.6 is 0 Å². The molecule has 0 atom stereocenters. The van der Waals surface area contributed by atoms with E-state index in [1.165, 1.54) is 0 Å². The van der Waals surface area contributed by atoms with Crippen LogP contribution in [-0.2, 0) is 11.2 Å². The van der Waals surface area contributed by atoms with Gasteiger partial charge < -0.3 is 14.7 Å². The molecule has 0 radical (unpaired) electrons. The summed E-state index contributed by atoms with van der Waals surface area (Å²) in [5.74, 6) is 2.42. The van der Waals surface area contributed by atoms with Crippen molar-refractivity contribution in [2.75, 3.05) is 50.1 Å². The first-order valence-electron chi connectivity index (χ1n) is 8.67. The van der Waals surface area contributed by atoms with Crippen LogP contribution in [0.25, 0.3) is 0 Å². The first-order valence-corrected chi connectivity index (χ1v) is 8.67. The highest BCUT2D eigenvalue weighted by Gasteiger charge is 2.34. The second kappa shape index (κ2) is 6.72. The number of hydrogen-bond donors (Lipinski definition) is 0. The molecule has 1 saturated carbocycles. The molecule has 1 aromatic rings. The fourth-order valence-corrected chi connectivity index (χ4v) is 2.97. The summed E-state index contributed by atoms with van der Waals surface area (Å²) >= 11 is 0. The van der Waals surface area contributed by atoms with Gasteiger partial charge in [0.25, 0.3) is 0 Å². The number of anilines is 2. The first-order chi connectivity index (χ1) is 11.1. The van der Waals surface area contributed by atoms with E-state index in [0.717, 1.165) is 69.3 Å². The SMILES string of the molecule is CCc1cc(N2CCCN(C(=O)C3CC3)CC2)nc(N(C)C)n1. The van der Waals surface area contributed by atoms with E-state index in [9.17, 15) is 4.79 Å². The quantitative estimate of drug-likeness (QED) is 0.843. The van der Waals surface area contributed by atoms with Crippen LogP contribution in [0.15, 0.2) is 6.07 Å². The lowest BCUT2D eigenvalue weighted by Crippen LogP contribution is -2.36. The Labute approximate surface area is 138 Å². The molecule has 0 spiro atoms. The van der Waals surface area contributed by atoms with Crippen LogP contribution in [0.2, 0.25) is 0 Å². The maximum absolute atomic E-state index is 12.3. The molecular weight excluding hydrogens is 290 g/mol. The van der Waals surface area contributed by atoms with Crippen LogP contribution < -0.4 is 9.80 Å². The third-order valence-electron chi connectivity index (χ3n) is 4.57. The van der Waals surface area contributed by atoms with E-state index in [2.05, 4.69) is 22.9 Å². The third kappa shape index (κ3) is 3.74. The van der Waals surface area contributed by atoms with Crippen molar-refractivity contribution in [2.24, 2.45) is 5.92 Å². The summed E-state index contributed by atoms with van der Waals surface area (Å²) in [4.78, 5) is 27.8. The molecule has 2 heterocycles. The molecule has 1 saturated heterocycles. The number of amides is 1. The summed E-state index contributed by atoms with van der Waals surface area (Å²) in [6.07, 6.45) is 4.06. The maximum Gasteiger partial charge on any atom is 0.227 e. The Hall–Kier alpha value is -1.85. The minimum Gasteiger partial charge on any atom is -0.355 e. The molecule has 2 fully saturated rings. The van der Waals surface area contributed by atoms with Gasteiger partial charge in [-0.3, -0.25) is 4.79 Å². The lowest BCUT2D eigenvalue weighted by atomic mass is 10.3. The van der Waals surface area contributed by atoms with E-state index >= 15 is 0 Å². The van der Waals surface area contributed by atoms with Gasteiger partial charge in [-0.1, -0.05) is 6.92 Å². The van der Waals surface area contributed by atoms with Crippen LogP contribution in [-0.4, -0.2) is 61.0 Å². The van der Waals surface area contributed by atoms with Crippen LogP contribution in [0.1, 0.15) is 31.9 Å². The Morgan fingerprint density at radius 3 is 2.65 bits per heavy atom. The van der Waals surface area contributed by atoms with Gasteiger partial charge in [-0.05, 0) is 25.7 Å². The van der Waals surface area contributed by atoms with Crippen molar-refractivity contribution in [3.05, 3.63) is 11.8 Å². The van der Waals surface area contributed by atoms with Gasteiger partial charge in [0.05, 0.1) is 0 Å². The Kier molecular flexibility index (Phi) is 4.68. The molecule has 6 heteroatoms. The standard InChI is InChI=1S/C17H27N5O/c1-4-14-12-15(19-17(18-14)20(2)3)21-8-5-9-22(11-10-21)16(23)13-6-7-13/h12-13H,4-11H2,1-3H3. The Balaban J connectivity index is 1.73. The molecule has 0 N–H and O–H groups in total. The van der Waals surface area contributed by atoms with Crippen molar-refractivity contribution in [3.8, 4) is 0 Å². The first kappa shape index (κ1) is 16.0. The van der Waals surface area contributed by atoms with E-state index < -0.39 is 0 Å². The van der Waals surface area contributed by atoms with E-state index in [4.69, 9.17) is 4.98 Å². The molecule has 0 aromatic carbocycles. The van der Waals surface area contributed by atoms with Crippen molar-refractivity contribution in [2.45, 2.75) is 32.6 Å². The lowest BCUT2D eigenvalue weighted by molar-refractivity contribution is -0.132. The zero-order valence-electron chi connectivity index (χ0n) is 14.5. The van der Waals surface area contributed by atoms with Crippen molar-refractivity contribution < 1.29 is 4.79 Å². The normalized spacial score (nSPS) is 18.7.